The number of hydrogen-bond donors (Lipinski definition) is 0. The molecule has 1 aromatic carbocycles. The maximum atomic E-state index is 5.93. The Balaban J connectivity index is 1.40. The Hall–Kier alpha value is -0.860. The van der Waals surface area contributed by atoms with Gasteiger partial charge in [-0.2, -0.15) is 0 Å². The number of rotatable bonds is 8. The molecule has 2 aliphatic rings. The van der Waals surface area contributed by atoms with E-state index < -0.39 is 0 Å². The summed E-state index contributed by atoms with van der Waals surface area (Å²) in [5.74, 6) is 2.54. The standard InChI is InChI=1S/C24H38O2/c1-3-5-19-7-9-20(10-8-19)11-12-21-13-15-23(16-14-21)24-25-17-22(6-4-2)18-26-24/h13-16,19-20,22,24H,3-12,17-18H2,1-2H3/t19-,20-,22?,24?. The largest absolute Gasteiger partial charge is 0.348 e. The highest BCUT2D eigenvalue weighted by atomic mass is 16.7. The van der Waals surface area contributed by atoms with Crippen LogP contribution in [0.15, 0.2) is 24.3 Å². The molecule has 26 heavy (non-hydrogen) atoms. The Morgan fingerprint density at radius 1 is 0.731 bits per heavy atom. The molecule has 0 amide bonds. The van der Waals surface area contributed by atoms with Crippen LogP contribution >= 0.6 is 0 Å². The zero-order valence-corrected chi connectivity index (χ0v) is 16.9. The van der Waals surface area contributed by atoms with E-state index >= 15 is 0 Å². The van der Waals surface area contributed by atoms with Gasteiger partial charge in [-0.1, -0.05) is 83.1 Å². The Labute approximate surface area is 160 Å². The molecular formula is C24H38O2. The molecule has 1 aliphatic carbocycles. The zero-order chi connectivity index (χ0) is 18.2. The zero-order valence-electron chi connectivity index (χ0n) is 16.9. The first-order valence-corrected chi connectivity index (χ1v) is 11.1. The molecule has 2 fully saturated rings. The highest BCUT2D eigenvalue weighted by Crippen LogP contribution is 2.34. The Bertz CT molecular complexity index is 493. The highest BCUT2D eigenvalue weighted by Gasteiger charge is 2.23. The average Bonchev–Trinajstić information content (AvgIpc) is 2.69. The summed E-state index contributed by atoms with van der Waals surface area (Å²) in [4.78, 5) is 0. The van der Waals surface area contributed by atoms with Crippen molar-refractivity contribution in [1.29, 1.82) is 0 Å². The fourth-order valence-corrected chi connectivity index (χ4v) is 4.74. The van der Waals surface area contributed by atoms with Crippen LogP contribution in [0.25, 0.3) is 0 Å². The van der Waals surface area contributed by atoms with E-state index in [1.807, 2.05) is 0 Å². The molecule has 1 aliphatic heterocycles. The van der Waals surface area contributed by atoms with Gasteiger partial charge >= 0.3 is 0 Å². The maximum Gasteiger partial charge on any atom is 0.183 e. The summed E-state index contributed by atoms with van der Waals surface area (Å²) >= 11 is 0. The van der Waals surface area contributed by atoms with E-state index in [1.165, 1.54) is 75.3 Å². The summed E-state index contributed by atoms with van der Waals surface area (Å²) < 4.78 is 11.9. The third kappa shape index (κ3) is 5.82. The Kier molecular flexibility index (Phi) is 8.01. The van der Waals surface area contributed by atoms with Gasteiger partial charge in [0.2, 0.25) is 0 Å². The predicted octanol–water partition coefficient (Wildman–Crippen LogP) is 6.69. The van der Waals surface area contributed by atoms with Crippen LogP contribution in [-0.4, -0.2) is 13.2 Å². The van der Waals surface area contributed by atoms with Crippen LogP contribution in [0.4, 0.5) is 0 Å². The molecule has 0 N–H and O–H groups in total. The lowest BCUT2D eigenvalue weighted by Crippen LogP contribution is -2.26. The summed E-state index contributed by atoms with van der Waals surface area (Å²) in [6.07, 6.45) is 13.4. The van der Waals surface area contributed by atoms with Gasteiger partial charge in [0.1, 0.15) is 0 Å². The molecule has 2 heteroatoms. The minimum absolute atomic E-state index is 0.161. The van der Waals surface area contributed by atoms with E-state index in [0.29, 0.717) is 5.92 Å². The molecule has 0 unspecified atom stereocenters. The molecule has 0 aromatic heterocycles. The van der Waals surface area contributed by atoms with Crippen LogP contribution in [0.2, 0.25) is 0 Å². The lowest BCUT2D eigenvalue weighted by Gasteiger charge is -2.29. The predicted molar refractivity (Wildman–Crippen MR) is 108 cm³/mol. The second kappa shape index (κ2) is 10.5. The van der Waals surface area contributed by atoms with Crippen molar-refractivity contribution in [3.63, 3.8) is 0 Å². The van der Waals surface area contributed by atoms with Crippen LogP contribution in [0.3, 0.4) is 0 Å². The van der Waals surface area contributed by atoms with Gasteiger partial charge in [-0.15, -0.1) is 0 Å². The Morgan fingerprint density at radius 3 is 1.85 bits per heavy atom. The lowest BCUT2D eigenvalue weighted by molar-refractivity contribution is -0.206. The van der Waals surface area contributed by atoms with Crippen molar-refractivity contribution < 1.29 is 9.47 Å². The molecule has 1 saturated heterocycles. The first-order valence-electron chi connectivity index (χ1n) is 11.1. The highest BCUT2D eigenvalue weighted by molar-refractivity contribution is 5.23. The number of benzene rings is 1. The summed E-state index contributed by atoms with van der Waals surface area (Å²) in [6, 6.07) is 8.97. The van der Waals surface area contributed by atoms with Crippen molar-refractivity contribution in [2.75, 3.05) is 13.2 Å². The molecule has 0 bridgehead atoms. The molecule has 0 atom stereocenters. The monoisotopic (exact) mass is 358 g/mol. The van der Waals surface area contributed by atoms with Crippen LogP contribution in [0, 0.1) is 17.8 Å². The van der Waals surface area contributed by atoms with E-state index in [-0.39, 0.29) is 6.29 Å². The number of aryl methyl sites for hydroxylation is 1. The SMILES string of the molecule is CCCC1COC(c2ccc(CC[C@H]3CC[C@H](CCC)CC3)cc2)OC1. The van der Waals surface area contributed by atoms with Crippen molar-refractivity contribution in [2.45, 2.75) is 84.3 Å². The van der Waals surface area contributed by atoms with Gasteiger partial charge < -0.3 is 9.47 Å². The molecular weight excluding hydrogens is 320 g/mol. The van der Waals surface area contributed by atoms with Gasteiger partial charge in [0, 0.05) is 11.5 Å². The van der Waals surface area contributed by atoms with Crippen molar-refractivity contribution in [3.8, 4) is 0 Å². The van der Waals surface area contributed by atoms with E-state index in [1.54, 1.807) is 0 Å². The third-order valence-corrected chi connectivity index (χ3v) is 6.42. The van der Waals surface area contributed by atoms with Gasteiger partial charge in [-0.25, -0.2) is 0 Å². The molecule has 146 valence electrons. The quantitative estimate of drug-likeness (QED) is 0.515. The van der Waals surface area contributed by atoms with E-state index in [9.17, 15) is 0 Å². The second-order valence-corrected chi connectivity index (χ2v) is 8.61. The van der Waals surface area contributed by atoms with Gasteiger partial charge in [0.15, 0.2) is 6.29 Å². The van der Waals surface area contributed by atoms with Crippen molar-refractivity contribution in [1.82, 2.24) is 0 Å². The molecule has 2 nitrogen and oxygen atoms in total. The van der Waals surface area contributed by atoms with Gasteiger partial charge in [-0.3, -0.25) is 0 Å². The van der Waals surface area contributed by atoms with E-state index in [0.717, 1.165) is 25.0 Å². The summed E-state index contributed by atoms with van der Waals surface area (Å²) in [6.45, 7) is 6.21. The molecule has 0 spiro atoms. The minimum atomic E-state index is -0.161. The topological polar surface area (TPSA) is 18.5 Å². The number of hydrogen-bond acceptors (Lipinski definition) is 2. The molecule has 1 heterocycles. The summed E-state index contributed by atoms with van der Waals surface area (Å²) in [7, 11) is 0. The van der Waals surface area contributed by atoms with Crippen molar-refractivity contribution in [2.24, 2.45) is 17.8 Å². The first-order chi connectivity index (χ1) is 12.8. The molecule has 0 radical (unpaired) electrons. The fourth-order valence-electron chi connectivity index (χ4n) is 4.74. The average molecular weight is 359 g/mol. The van der Waals surface area contributed by atoms with Crippen LogP contribution in [0.5, 0.6) is 0 Å². The first kappa shape index (κ1) is 19.9. The molecule has 3 rings (SSSR count). The molecule has 1 aromatic rings. The summed E-state index contributed by atoms with van der Waals surface area (Å²) in [5.41, 5.74) is 2.63. The van der Waals surface area contributed by atoms with E-state index in [2.05, 4.69) is 38.1 Å². The van der Waals surface area contributed by atoms with Gasteiger partial charge in [-0.05, 0) is 36.7 Å². The van der Waals surface area contributed by atoms with Crippen LogP contribution < -0.4 is 0 Å². The molecule has 1 saturated carbocycles. The second-order valence-electron chi connectivity index (χ2n) is 8.61. The van der Waals surface area contributed by atoms with Crippen LogP contribution in [-0.2, 0) is 15.9 Å². The smallest absolute Gasteiger partial charge is 0.183 e. The number of ether oxygens (including phenoxy) is 2. The lowest BCUT2D eigenvalue weighted by atomic mass is 9.78. The third-order valence-electron chi connectivity index (χ3n) is 6.42. The van der Waals surface area contributed by atoms with Crippen LogP contribution in [0.1, 0.15) is 89.1 Å². The van der Waals surface area contributed by atoms with E-state index in [4.69, 9.17) is 9.47 Å². The fraction of sp³-hybridized carbons (Fsp3) is 0.750. The summed E-state index contributed by atoms with van der Waals surface area (Å²) in [5, 5.41) is 0. The van der Waals surface area contributed by atoms with Crippen molar-refractivity contribution in [3.05, 3.63) is 35.4 Å². The Morgan fingerprint density at radius 2 is 1.27 bits per heavy atom. The van der Waals surface area contributed by atoms with Crippen molar-refractivity contribution >= 4 is 0 Å². The normalized spacial score (nSPS) is 29.6. The van der Waals surface area contributed by atoms with Gasteiger partial charge in [0.05, 0.1) is 13.2 Å². The maximum absolute atomic E-state index is 5.93. The van der Waals surface area contributed by atoms with Gasteiger partial charge in [0.25, 0.3) is 0 Å². The minimum Gasteiger partial charge on any atom is -0.348 e.